The van der Waals surface area contributed by atoms with Crippen LogP contribution in [0.15, 0.2) is 12.2 Å². The zero-order chi connectivity index (χ0) is 14.8. The van der Waals surface area contributed by atoms with Crippen LogP contribution in [-0.4, -0.2) is 17.0 Å². The number of fused-ring (bicyclic) bond motifs is 5. The van der Waals surface area contributed by atoms with E-state index in [-0.39, 0.29) is 11.5 Å². The normalized spacial score (nSPS) is 55.8. The van der Waals surface area contributed by atoms with Gasteiger partial charge < -0.3 is 5.11 Å². The third-order valence-electron chi connectivity index (χ3n) is 7.84. The Bertz CT molecular complexity index is 496. The lowest BCUT2D eigenvalue weighted by Gasteiger charge is -2.57. The smallest absolute Gasteiger partial charge is 0.139 e. The van der Waals surface area contributed by atoms with Crippen molar-refractivity contribution in [3.05, 3.63) is 12.2 Å². The predicted molar refractivity (Wildman–Crippen MR) is 82.6 cm³/mol. The molecule has 1 N–H and O–H groups in total. The molecule has 0 aromatic rings. The fourth-order valence-corrected chi connectivity index (χ4v) is 6.37. The monoisotopic (exact) mass is 288 g/mol. The molecule has 4 rings (SSSR count). The molecule has 0 aromatic carbocycles. The Morgan fingerprint density at radius 1 is 1.10 bits per heavy atom. The molecule has 7 atom stereocenters. The van der Waals surface area contributed by atoms with E-state index in [4.69, 9.17) is 0 Å². The van der Waals surface area contributed by atoms with Crippen LogP contribution in [0.5, 0.6) is 0 Å². The minimum atomic E-state index is -0.105. The number of Topliss-reactive ketones (excluding diaryl/α,β-unsaturated/α-hetero) is 1. The number of aliphatic hydroxyl groups is 1. The second kappa shape index (κ2) is 4.44. The molecule has 0 aliphatic heterocycles. The van der Waals surface area contributed by atoms with Gasteiger partial charge >= 0.3 is 0 Å². The molecule has 0 spiro atoms. The Morgan fingerprint density at radius 2 is 1.90 bits per heavy atom. The van der Waals surface area contributed by atoms with Crippen molar-refractivity contribution in [3.63, 3.8) is 0 Å². The first-order valence-electron chi connectivity index (χ1n) is 8.85. The highest BCUT2D eigenvalue weighted by atomic mass is 16.3. The first kappa shape index (κ1) is 14.0. The van der Waals surface area contributed by atoms with Crippen molar-refractivity contribution in [2.24, 2.45) is 34.5 Å². The predicted octanol–water partition coefficient (Wildman–Crippen LogP) is 3.74. The number of rotatable bonds is 0. The summed E-state index contributed by atoms with van der Waals surface area (Å²) in [6.07, 6.45) is 12.0. The van der Waals surface area contributed by atoms with Gasteiger partial charge in [-0.15, -0.1) is 0 Å². The van der Waals surface area contributed by atoms with Crippen LogP contribution in [0.4, 0.5) is 0 Å². The molecule has 116 valence electrons. The highest BCUT2D eigenvalue weighted by molar-refractivity contribution is 5.87. The van der Waals surface area contributed by atoms with E-state index < -0.39 is 0 Å². The average molecular weight is 288 g/mol. The van der Waals surface area contributed by atoms with Crippen molar-refractivity contribution in [1.82, 2.24) is 0 Å². The number of hydrogen-bond donors (Lipinski definition) is 1. The minimum Gasteiger partial charge on any atom is -0.393 e. The number of allylic oxidation sites excluding steroid dienone is 2. The summed E-state index contributed by atoms with van der Waals surface area (Å²) in [5.74, 6) is 2.97. The molecular weight excluding hydrogens is 260 g/mol. The summed E-state index contributed by atoms with van der Waals surface area (Å²) >= 11 is 0. The van der Waals surface area contributed by atoms with Gasteiger partial charge in [-0.1, -0.05) is 26.0 Å². The first-order chi connectivity index (χ1) is 9.95. The van der Waals surface area contributed by atoms with Gasteiger partial charge in [0, 0.05) is 11.8 Å². The molecule has 4 aliphatic rings. The van der Waals surface area contributed by atoms with Crippen LogP contribution in [-0.2, 0) is 4.79 Å². The molecule has 3 fully saturated rings. The van der Waals surface area contributed by atoms with Gasteiger partial charge in [-0.2, -0.15) is 0 Å². The zero-order valence-corrected chi connectivity index (χ0v) is 13.3. The van der Waals surface area contributed by atoms with Crippen molar-refractivity contribution < 1.29 is 9.90 Å². The van der Waals surface area contributed by atoms with Crippen LogP contribution < -0.4 is 0 Å². The topological polar surface area (TPSA) is 37.3 Å². The first-order valence-corrected chi connectivity index (χ1v) is 8.85. The molecule has 0 amide bonds. The summed E-state index contributed by atoms with van der Waals surface area (Å²) in [5.41, 5.74) is 0.314. The molecule has 2 heteroatoms. The molecular formula is C19H28O2. The summed E-state index contributed by atoms with van der Waals surface area (Å²) in [4.78, 5) is 12.4. The molecule has 2 unspecified atom stereocenters. The van der Waals surface area contributed by atoms with E-state index >= 15 is 0 Å². The summed E-state index contributed by atoms with van der Waals surface area (Å²) < 4.78 is 0. The number of carbonyl (C=O) groups excluding carboxylic acids is 1. The van der Waals surface area contributed by atoms with Crippen LogP contribution >= 0.6 is 0 Å². The van der Waals surface area contributed by atoms with E-state index in [0.717, 1.165) is 44.4 Å². The Kier molecular flexibility index (Phi) is 2.96. The molecule has 3 saturated carbocycles. The van der Waals surface area contributed by atoms with Crippen LogP contribution in [0.2, 0.25) is 0 Å². The van der Waals surface area contributed by atoms with Crippen LogP contribution in [0, 0.1) is 34.5 Å². The minimum absolute atomic E-state index is 0.0388. The standard InChI is InChI=1S/C19H28O2/c1-18-9-7-13(20)11-12(18)3-4-14-15-5-6-17(21)19(15,2)10-8-16(14)18/h3-4,12-16,20H,5-11H2,1-2H3/t12?,13?,14-,15-,16-,18-,19-/m0/s1. The van der Waals surface area contributed by atoms with Gasteiger partial charge in [0.05, 0.1) is 6.10 Å². The third-order valence-corrected chi connectivity index (χ3v) is 7.84. The summed E-state index contributed by atoms with van der Waals surface area (Å²) in [6.45, 7) is 4.69. The Hall–Kier alpha value is -0.630. The largest absolute Gasteiger partial charge is 0.393 e. The molecule has 0 radical (unpaired) electrons. The van der Waals surface area contributed by atoms with E-state index in [0.29, 0.717) is 29.0 Å². The van der Waals surface area contributed by atoms with Crippen molar-refractivity contribution >= 4 is 5.78 Å². The Labute approximate surface area is 128 Å². The highest BCUT2D eigenvalue weighted by Crippen LogP contribution is 2.63. The van der Waals surface area contributed by atoms with Gasteiger partial charge in [-0.05, 0) is 67.6 Å². The molecule has 2 nitrogen and oxygen atoms in total. The average Bonchev–Trinajstić information content (AvgIpc) is 2.76. The fraction of sp³-hybridized carbons (Fsp3) is 0.842. The lowest BCUT2D eigenvalue weighted by molar-refractivity contribution is -0.132. The number of aliphatic hydroxyl groups excluding tert-OH is 1. The van der Waals surface area contributed by atoms with Crippen molar-refractivity contribution in [3.8, 4) is 0 Å². The summed E-state index contributed by atoms with van der Waals surface area (Å²) in [5, 5.41) is 10.0. The van der Waals surface area contributed by atoms with E-state index in [1.807, 2.05) is 0 Å². The molecule has 0 saturated heterocycles. The molecule has 0 bridgehead atoms. The fourth-order valence-electron chi connectivity index (χ4n) is 6.37. The molecule has 21 heavy (non-hydrogen) atoms. The maximum atomic E-state index is 12.4. The Morgan fingerprint density at radius 3 is 2.71 bits per heavy atom. The highest BCUT2D eigenvalue weighted by Gasteiger charge is 2.58. The van der Waals surface area contributed by atoms with Crippen molar-refractivity contribution in [1.29, 1.82) is 0 Å². The SMILES string of the molecule is C[C@]12CCC(O)CC1C=C[C@@H]1[C@@H]2CC[C@]2(C)C(=O)CC[C@@H]12. The Balaban J connectivity index is 1.69. The van der Waals surface area contributed by atoms with Gasteiger partial charge in [-0.25, -0.2) is 0 Å². The van der Waals surface area contributed by atoms with Gasteiger partial charge in [0.1, 0.15) is 5.78 Å². The third kappa shape index (κ3) is 1.78. The maximum Gasteiger partial charge on any atom is 0.139 e. The van der Waals surface area contributed by atoms with E-state index in [1.54, 1.807) is 0 Å². The lowest BCUT2D eigenvalue weighted by Crippen LogP contribution is -2.52. The van der Waals surface area contributed by atoms with E-state index in [9.17, 15) is 9.90 Å². The van der Waals surface area contributed by atoms with Crippen LogP contribution in [0.3, 0.4) is 0 Å². The molecule has 4 aliphatic carbocycles. The number of carbonyl (C=O) groups is 1. The van der Waals surface area contributed by atoms with E-state index in [1.165, 1.54) is 6.42 Å². The van der Waals surface area contributed by atoms with E-state index in [2.05, 4.69) is 26.0 Å². The summed E-state index contributed by atoms with van der Waals surface area (Å²) in [7, 11) is 0. The van der Waals surface area contributed by atoms with Gasteiger partial charge in [0.25, 0.3) is 0 Å². The molecule has 0 heterocycles. The van der Waals surface area contributed by atoms with Gasteiger partial charge in [0.2, 0.25) is 0 Å². The van der Waals surface area contributed by atoms with Crippen LogP contribution in [0.25, 0.3) is 0 Å². The lowest BCUT2D eigenvalue weighted by atomic mass is 9.47. The second-order valence-electron chi connectivity index (χ2n) is 8.63. The zero-order valence-electron chi connectivity index (χ0n) is 13.3. The second-order valence-corrected chi connectivity index (χ2v) is 8.63. The van der Waals surface area contributed by atoms with Crippen molar-refractivity contribution in [2.75, 3.05) is 0 Å². The number of hydrogen-bond acceptors (Lipinski definition) is 2. The maximum absolute atomic E-state index is 12.4. The van der Waals surface area contributed by atoms with Crippen molar-refractivity contribution in [2.45, 2.75) is 64.9 Å². The quantitative estimate of drug-likeness (QED) is 0.690. The summed E-state index contributed by atoms with van der Waals surface area (Å²) in [6, 6.07) is 0. The number of ketones is 1. The van der Waals surface area contributed by atoms with Crippen LogP contribution in [0.1, 0.15) is 58.8 Å². The molecule has 0 aromatic heterocycles. The van der Waals surface area contributed by atoms with Gasteiger partial charge in [-0.3, -0.25) is 4.79 Å². The van der Waals surface area contributed by atoms with Gasteiger partial charge in [0.15, 0.2) is 0 Å².